The van der Waals surface area contributed by atoms with E-state index in [9.17, 15) is 8.42 Å². The first kappa shape index (κ1) is 19.7. The van der Waals surface area contributed by atoms with Crippen LogP contribution >= 0.6 is 34.5 Å². The second-order valence-corrected chi connectivity index (χ2v) is 10.1. The molecule has 6 nitrogen and oxygen atoms in total. The molecule has 0 saturated carbocycles. The normalized spacial score (nSPS) is 11.5. The van der Waals surface area contributed by atoms with Gasteiger partial charge in [-0.05, 0) is 42.0 Å². The summed E-state index contributed by atoms with van der Waals surface area (Å²) >= 11 is 13.2. The lowest BCUT2D eigenvalue weighted by atomic mass is 10.1. The summed E-state index contributed by atoms with van der Waals surface area (Å²) in [4.78, 5) is 0. The molecule has 0 radical (unpaired) electrons. The molecule has 0 aliphatic rings. The van der Waals surface area contributed by atoms with Crippen LogP contribution < -0.4 is 4.72 Å². The number of benzene rings is 2. The largest absolute Gasteiger partial charge is 0.272 e. The molecule has 29 heavy (non-hydrogen) atoms. The summed E-state index contributed by atoms with van der Waals surface area (Å²) in [6, 6.07) is 17.4. The Bertz CT molecular complexity index is 1370. The van der Waals surface area contributed by atoms with Crippen LogP contribution in [0.5, 0.6) is 0 Å². The maximum Gasteiger partial charge on any atom is 0.272 e. The molecule has 0 bridgehead atoms. The van der Waals surface area contributed by atoms with Gasteiger partial charge in [0.05, 0.1) is 38.4 Å². The van der Waals surface area contributed by atoms with Crippen LogP contribution in [0.15, 0.2) is 58.8 Å². The van der Waals surface area contributed by atoms with Crippen LogP contribution in [0.1, 0.15) is 11.1 Å². The lowest BCUT2D eigenvalue weighted by Crippen LogP contribution is -2.12. The van der Waals surface area contributed by atoms with E-state index in [-0.39, 0.29) is 10.0 Å². The monoisotopic (exact) mass is 462 g/mol. The highest BCUT2D eigenvalue weighted by atomic mass is 35.5. The van der Waals surface area contributed by atoms with Gasteiger partial charge in [-0.3, -0.25) is 9.40 Å². The zero-order valence-corrected chi connectivity index (χ0v) is 17.8. The number of rotatable bonds is 5. The first-order chi connectivity index (χ1) is 13.9. The van der Waals surface area contributed by atoms with Crippen molar-refractivity contribution < 1.29 is 8.42 Å². The quantitative estimate of drug-likeness (QED) is 0.445. The SMILES string of the molecule is N#Cc1cccc(Cn2nc(NS(=O)(=O)c3ccc(Cl)s3)c3c(Cl)cccc32)c1. The summed E-state index contributed by atoms with van der Waals surface area (Å²) in [6.45, 7) is 0.346. The van der Waals surface area contributed by atoms with E-state index in [1.54, 1.807) is 35.0 Å². The molecule has 4 aromatic rings. The van der Waals surface area contributed by atoms with Crippen LogP contribution in [0.2, 0.25) is 9.36 Å². The molecule has 2 aromatic carbocycles. The minimum absolute atomic E-state index is 0.0824. The van der Waals surface area contributed by atoms with Crippen LogP contribution in [-0.2, 0) is 16.6 Å². The molecular weight excluding hydrogens is 451 g/mol. The third-order valence-corrected chi connectivity index (χ3v) is 7.54. The fourth-order valence-corrected chi connectivity index (χ4v) is 5.66. The van der Waals surface area contributed by atoms with Gasteiger partial charge in [0.15, 0.2) is 5.82 Å². The van der Waals surface area contributed by atoms with Crippen molar-refractivity contribution in [2.45, 2.75) is 10.8 Å². The van der Waals surface area contributed by atoms with Crippen molar-refractivity contribution in [1.29, 1.82) is 5.26 Å². The van der Waals surface area contributed by atoms with Gasteiger partial charge in [0, 0.05) is 0 Å². The summed E-state index contributed by atoms with van der Waals surface area (Å²) in [5.41, 5.74) is 2.06. The number of hydrogen-bond donors (Lipinski definition) is 1. The maximum absolute atomic E-state index is 12.7. The lowest BCUT2D eigenvalue weighted by molar-refractivity contribution is 0.602. The van der Waals surface area contributed by atoms with Gasteiger partial charge in [0.25, 0.3) is 10.0 Å². The Morgan fingerprint density at radius 2 is 1.93 bits per heavy atom. The highest BCUT2D eigenvalue weighted by molar-refractivity contribution is 7.94. The minimum Gasteiger partial charge on any atom is -0.261 e. The van der Waals surface area contributed by atoms with E-state index in [1.807, 2.05) is 12.1 Å². The molecule has 0 spiro atoms. The maximum atomic E-state index is 12.7. The van der Waals surface area contributed by atoms with Crippen molar-refractivity contribution >= 4 is 61.3 Å². The number of anilines is 1. The molecule has 0 amide bonds. The molecule has 0 saturated heterocycles. The van der Waals surface area contributed by atoms with Gasteiger partial charge in [0.1, 0.15) is 4.21 Å². The fraction of sp³-hybridized carbons (Fsp3) is 0.0526. The van der Waals surface area contributed by atoms with Crippen LogP contribution in [0.4, 0.5) is 5.82 Å². The minimum atomic E-state index is -3.86. The zero-order valence-electron chi connectivity index (χ0n) is 14.6. The topological polar surface area (TPSA) is 87.8 Å². The van der Waals surface area contributed by atoms with Crippen molar-refractivity contribution in [1.82, 2.24) is 9.78 Å². The molecule has 2 aromatic heterocycles. The van der Waals surface area contributed by atoms with Gasteiger partial charge < -0.3 is 0 Å². The Morgan fingerprint density at radius 1 is 1.14 bits per heavy atom. The number of nitrogens with one attached hydrogen (secondary N) is 1. The molecule has 10 heteroatoms. The zero-order chi connectivity index (χ0) is 20.6. The Kier molecular flexibility index (Phi) is 5.23. The third-order valence-electron chi connectivity index (χ3n) is 4.16. The van der Waals surface area contributed by atoms with E-state index >= 15 is 0 Å². The predicted molar refractivity (Wildman–Crippen MR) is 115 cm³/mol. The molecule has 0 aliphatic carbocycles. The average molecular weight is 463 g/mol. The number of aromatic nitrogens is 2. The van der Waals surface area contributed by atoms with Crippen LogP contribution in [0, 0.1) is 11.3 Å². The first-order valence-electron chi connectivity index (χ1n) is 8.29. The number of thiophene rings is 1. The van der Waals surface area contributed by atoms with Gasteiger partial charge in [-0.1, -0.05) is 41.4 Å². The highest BCUT2D eigenvalue weighted by Gasteiger charge is 2.22. The van der Waals surface area contributed by atoms with Crippen LogP contribution in [0.3, 0.4) is 0 Å². The van der Waals surface area contributed by atoms with E-state index < -0.39 is 10.0 Å². The first-order valence-corrected chi connectivity index (χ1v) is 11.4. The molecule has 0 atom stereocenters. The van der Waals surface area contributed by atoms with E-state index in [0.29, 0.717) is 32.4 Å². The highest BCUT2D eigenvalue weighted by Crippen LogP contribution is 2.33. The van der Waals surface area contributed by atoms with Crippen molar-refractivity contribution in [3.05, 3.63) is 75.1 Å². The van der Waals surface area contributed by atoms with Crippen molar-refractivity contribution in [2.75, 3.05) is 4.72 Å². The Hall–Kier alpha value is -2.57. The van der Waals surface area contributed by atoms with Gasteiger partial charge in [-0.15, -0.1) is 11.3 Å². The molecule has 2 heterocycles. The van der Waals surface area contributed by atoms with Gasteiger partial charge >= 0.3 is 0 Å². The molecule has 146 valence electrons. The number of hydrogen-bond acceptors (Lipinski definition) is 5. The van der Waals surface area contributed by atoms with Crippen molar-refractivity contribution in [3.8, 4) is 6.07 Å². The predicted octanol–water partition coefficient (Wildman–Crippen LogP) is 5.13. The molecule has 4 rings (SSSR count). The summed E-state index contributed by atoms with van der Waals surface area (Å²) in [6.07, 6.45) is 0. The van der Waals surface area contributed by atoms with E-state index in [2.05, 4.69) is 15.9 Å². The second-order valence-electron chi connectivity index (χ2n) is 6.12. The smallest absolute Gasteiger partial charge is 0.261 e. The van der Waals surface area contributed by atoms with E-state index in [0.717, 1.165) is 16.9 Å². The lowest BCUT2D eigenvalue weighted by Gasteiger charge is -2.04. The number of sulfonamides is 1. The summed E-state index contributed by atoms with van der Waals surface area (Å²) in [5.74, 6) is 0.131. The van der Waals surface area contributed by atoms with Crippen molar-refractivity contribution in [3.63, 3.8) is 0 Å². The Labute approximate surface area is 181 Å². The summed E-state index contributed by atoms with van der Waals surface area (Å²) < 4.78 is 30.1. The van der Waals surface area contributed by atoms with Crippen LogP contribution in [0.25, 0.3) is 10.9 Å². The van der Waals surface area contributed by atoms with E-state index in [4.69, 9.17) is 28.5 Å². The number of halogens is 2. The van der Waals surface area contributed by atoms with E-state index in [1.165, 1.54) is 12.1 Å². The number of fused-ring (bicyclic) bond motifs is 1. The molecule has 0 aliphatic heterocycles. The molecule has 0 unspecified atom stereocenters. The Balaban J connectivity index is 1.78. The third kappa shape index (κ3) is 3.95. The summed E-state index contributed by atoms with van der Waals surface area (Å²) in [5, 5.41) is 14.4. The number of nitriles is 1. The Morgan fingerprint density at radius 3 is 2.66 bits per heavy atom. The van der Waals surface area contributed by atoms with Gasteiger partial charge in [-0.25, -0.2) is 8.42 Å². The fourth-order valence-electron chi connectivity index (χ4n) is 2.91. The molecular formula is C19H12Cl2N4O2S2. The average Bonchev–Trinajstić information content (AvgIpc) is 3.27. The molecule has 0 fully saturated rings. The standard InChI is InChI=1S/C19H12Cl2N4O2S2/c20-14-5-2-6-15-18(14)19(24-29(26,27)17-8-7-16(21)28-17)23-25(15)11-13-4-1-3-12(9-13)10-22/h1-9H,11H2,(H,23,24). The van der Waals surface area contributed by atoms with Gasteiger partial charge in [-0.2, -0.15) is 10.4 Å². The van der Waals surface area contributed by atoms with Gasteiger partial charge in [0.2, 0.25) is 0 Å². The second kappa shape index (κ2) is 7.69. The summed E-state index contributed by atoms with van der Waals surface area (Å²) in [7, 11) is -3.86. The van der Waals surface area contributed by atoms with Crippen LogP contribution in [-0.4, -0.2) is 18.2 Å². The molecule has 1 N–H and O–H groups in total. The van der Waals surface area contributed by atoms with Crippen molar-refractivity contribution in [2.24, 2.45) is 0 Å². The number of nitrogens with zero attached hydrogens (tertiary/aromatic N) is 3.